The van der Waals surface area contributed by atoms with E-state index in [4.69, 9.17) is 10.5 Å². The third-order valence-electron chi connectivity index (χ3n) is 4.14. The first-order valence-electron chi connectivity index (χ1n) is 6.77. The van der Waals surface area contributed by atoms with Crippen LogP contribution in [0.4, 0.5) is 0 Å². The monoisotopic (exact) mass is 262 g/mol. The highest BCUT2D eigenvalue weighted by atomic mass is 16.5. The van der Waals surface area contributed by atoms with E-state index in [0.717, 1.165) is 30.6 Å². The molecule has 1 aromatic carbocycles. The van der Waals surface area contributed by atoms with Crippen molar-refractivity contribution in [3.8, 4) is 5.75 Å². The van der Waals surface area contributed by atoms with Crippen LogP contribution in [0.25, 0.3) is 0 Å². The van der Waals surface area contributed by atoms with Crippen LogP contribution in [0, 0.1) is 5.41 Å². The number of amides is 1. The summed E-state index contributed by atoms with van der Waals surface area (Å²) in [5.74, 6) is 0.866. The fourth-order valence-corrected chi connectivity index (χ4v) is 2.58. The van der Waals surface area contributed by atoms with E-state index in [0.29, 0.717) is 6.54 Å². The molecule has 0 radical (unpaired) electrons. The van der Waals surface area contributed by atoms with Crippen molar-refractivity contribution in [2.45, 2.75) is 32.2 Å². The van der Waals surface area contributed by atoms with Crippen LogP contribution in [0.2, 0.25) is 0 Å². The Bertz CT molecular complexity index is 450. The summed E-state index contributed by atoms with van der Waals surface area (Å²) in [6, 6.07) is 7.67. The van der Waals surface area contributed by atoms with Gasteiger partial charge in [0.2, 0.25) is 5.91 Å². The van der Waals surface area contributed by atoms with Crippen molar-refractivity contribution in [1.29, 1.82) is 0 Å². The zero-order valence-corrected chi connectivity index (χ0v) is 11.6. The van der Waals surface area contributed by atoms with E-state index in [9.17, 15) is 4.79 Å². The first-order chi connectivity index (χ1) is 9.13. The Morgan fingerprint density at radius 3 is 2.68 bits per heavy atom. The van der Waals surface area contributed by atoms with Crippen molar-refractivity contribution < 1.29 is 9.53 Å². The minimum absolute atomic E-state index is 0.0691. The summed E-state index contributed by atoms with van der Waals surface area (Å²) in [7, 11) is 1.64. The Morgan fingerprint density at radius 2 is 2.16 bits per heavy atom. The molecular weight excluding hydrogens is 240 g/mol. The average molecular weight is 262 g/mol. The van der Waals surface area contributed by atoms with E-state index >= 15 is 0 Å². The summed E-state index contributed by atoms with van der Waals surface area (Å²) in [5, 5.41) is 3.07. The van der Waals surface area contributed by atoms with Gasteiger partial charge < -0.3 is 15.8 Å². The van der Waals surface area contributed by atoms with Crippen molar-refractivity contribution >= 4 is 5.91 Å². The summed E-state index contributed by atoms with van der Waals surface area (Å²) in [6.45, 7) is 2.40. The number of carbonyl (C=O) groups excluding carboxylic acids is 1. The second-order valence-corrected chi connectivity index (χ2v) is 5.28. The number of carbonyl (C=O) groups is 1. The van der Waals surface area contributed by atoms with Gasteiger partial charge in [-0.1, -0.05) is 24.6 Å². The maximum Gasteiger partial charge on any atom is 0.227 e. The van der Waals surface area contributed by atoms with E-state index in [1.54, 1.807) is 7.11 Å². The molecule has 0 aromatic heterocycles. The molecule has 1 saturated carbocycles. The van der Waals surface area contributed by atoms with Gasteiger partial charge in [0.1, 0.15) is 5.75 Å². The van der Waals surface area contributed by atoms with E-state index in [1.165, 1.54) is 0 Å². The molecular formula is C15H22N2O2. The molecule has 19 heavy (non-hydrogen) atoms. The molecule has 104 valence electrons. The first kappa shape index (κ1) is 13.9. The topological polar surface area (TPSA) is 64.3 Å². The summed E-state index contributed by atoms with van der Waals surface area (Å²) >= 11 is 0. The van der Waals surface area contributed by atoms with Gasteiger partial charge in [0.05, 0.1) is 18.6 Å². The Kier molecular flexibility index (Phi) is 4.10. The van der Waals surface area contributed by atoms with Crippen LogP contribution in [0.5, 0.6) is 5.75 Å². The van der Waals surface area contributed by atoms with Crippen molar-refractivity contribution in [1.82, 2.24) is 5.32 Å². The van der Waals surface area contributed by atoms with Crippen LogP contribution in [-0.2, 0) is 4.79 Å². The third kappa shape index (κ3) is 2.59. The summed E-state index contributed by atoms with van der Waals surface area (Å²) < 4.78 is 5.32. The lowest BCUT2D eigenvalue weighted by Crippen LogP contribution is -2.50. The van der Waals surface area contributed by atoms with Crippen LogP contribution in [0.15, 0.2) is 24.3 Å². The molecule has 4 heteroatoms. The first-order valence-corrected chi connectivity index (χ1v) is 6.77. The van der Waals surface area contributed by atoms with Gasteiger partial charge in [0, 0.05) is 12.1 Å². The quantitative estimate of drug-likeness (QED) is 0.853. The molecule has 0 spiro atoms. The van der Waals surface area contributed by atoms with Crippen LogP contribution in [0.3, 0.4) is 0 Å². The van der Waals surface area contributed by atoms with Crippen LogP contribution < -0.4 is 15.8 Å². The Labute approximate surface area is 114 Å². The predicted octanol–water partition coefficient (Wildman–Crippen LogP) is 2.00. The molecule has 1 amide bonds. The van der Waals surface area contributed by atoms with Gasteiger partial charge in [-0.3, -0.25) is 4.79 Å². The molecule has 2 rings (SSSR count). The Hall–Kier alpha value is -1.55. The average Bonchev–Trinajstić information content (AvgIpc) is 2.38. The number of ether oxygens (including phenoxy) is 1. The van der Waals surface area contributed by atoms with E-state index < -0.39 is 0 Å². The van der Waals surface area contributed by atoms with Crippen molar-refractivity contribution in [3.05, 3.63) is 29.8 Å². The highest BCUT2D eigenvalue weighted by Crippen LogP contribution is 2.40. The second-order valence-electron chi connectivity index (χ2n) is 5.28. The number of nitrogens with two attached hydrogens (primary N) is 1. The Morgan fingerprint density at radius 1 is 1.47 bits per heavy atom. The number of benzene rings is 1. The van der Waals surface area contributed by atoms with Gasteiger partial charge in [-0.25, -0.2) is 0 Å². The molecule has 1 aliphatic carbocycles. The molecule has 3 N–H and O–H groups in total. The smallest absolute Gasteiger partial charge is 0.227 e. The number of nitrogens with one attached hydrogen (secondary N) is 1. The number of methoxy groups -OCH3 is 1. The zero-order valence-electron chi connectivity index (χ0n) is 11.6. The minimum atomic E-state index is -0.337. The largest absolute Gasteiger partial charge is 0.496 e. The molecule has 0 heterocycles. The SMILES string of the molecule is COc1ccccc1[C@H](C)NC(=O)C1(CN)CCC1. The molecule has 1 atom stereocenters. The number of para-hydroxylation sites is 1. The summed E-state index contributed by atoms with van der Waals surface area (Å²) in [4.78, 5) is 12.3. The van der Waals surface area contributed by atoms with Crippen LogP contribution >= 0.6 is 0 Å². The second kappa shape index (κ2) is 5.61. The van der Waals surface area contributed by atoms with E-state index in [1.807, 2.05) is 31.2 Å². The standard InChI is InChI=1S/C15H22N2O2/c1-11(12-6-3-4-7-13(12)19-2)17-14(18)15(10-16)8-5-9-15/h3-4,6-7,11H,5,8-10,16H2,1-2H3,(H,17,18)/t11-/m0/s1. The van der Waals surface area contributed by atoms with Gasteiger partial charge >= 0.3 is 0 Å². The number of hydrogen-bond acceptors (Lipinski definition) is 3. The lowest BCUT2D eigenvalue weighted by molar-refractivity contribution is -0.135. The predicted molar refractivity (Wildman–Crippen MR) is 74.9 cm³/mol. The molecule has 1 aliphatic rings. The highest BCUT2D eigenvalue weighted by molar-refractivity contribution is 5.84. The molecule has 0 bridgehead atoms. The van der Waals surface area contributed by atoms with Crippen molar-refractivity contribution in [3.63, 3.8) is 0 Å². The lowest BCUT2D eigenvalue weighted by Gasteiger charge is -2.40. The fourth-order valence-electron chi connectivity index (χ4n) is 2.58. The third-order valence-corrected chi connectivity index (χ3v) is 4.14. The van der Waals surface area contributed by atoms with Gasteiger partial charge in [-0.05, 0) is 25.8 Å². The van der Waals surface area contributed by atoms with E-state index in [2.05, 4.69) is 5.32 Å². The maximum absolute atomic E-state index is 12.3. The van der Waals surface area contributed by atoms with Crippen LogP contribution in [0.1, 0.15) is 37.8 Å². The number of hydrogen-bond donors (Lipinski definition) is 2. The normalized spacial score (nSPS) is 18.3. The molecule has 1 aromatic rings. The van der Waals surface area contributed by atoms with Crippen LogP contribution in [-0.4, -0.2) is 19.6 Å². The molecule has 0 saturated heterocycles. The van der Waals surface area contributed by atoms with Gasteiger partial charge in [0.15, 0.2) is 0 Å². The Balaban J connectivity index is 2.08. The van der Waals surface area contributed by atoms with Gasteiger partial charge in [-0.2, -0.15) is 0 Å². The fraction of sp³-hybridized carbons (Fsp3) is 0.533. The zero-order chi connectivity index (χ0) is 13.9. The summed E-state index contributed by atoms with van der Waals surface area (Å²) in [5.41, 5.74) is 6.41. The van der Waals surface area contributed by atoms with Crippen molar-refractivity contribution in [2.75, 3.05) is 13.7 Å². The molecule has 1 fully saturated rings. The maximum atomic E-state index is 12.3. The van der Waals surface area contributed by atoms with E-state index in [-0.39, 0.29) is 17.4 Å². The minimum Gasteiger partial charge on any atom is -0.496 e. The number of rotatable bonds is 5. The molecule has 0 unspecified atom stereocenters. The highest BCUT2D eigenvalue weighted by Gasteiger charge is 2.43. The van der Waals surface area contributed by atoms with Gasteiger partial charge in [0.25, 0.3) is 0 Å². The molecule has 0 aliphatic heterocycles. The summed E-state index contributed by atoms with van der Waals surface area (Å²) in [6.07, 6.45) is 2.88. The molecule has 4 nitrogen and oxygen atoms in total. The van der Waals surface area contributed by atoms with Gasteiger partial charge in [-0.15, -0.1) is 0 Å². The van der Waals surface area contributed by atoms with Crippen molar-refractivity contribution in [2.24, 2.45) is 11.1 Å². The lowest BCUT2D eigenvalue weighted by atomic mass is 9.68.